The fourth-order valence-corrected chi connectivity index (χ4v) is 1.14. The van der Waals surface area contributed by atoms with Crippen molar-refractivity contribution in [2.24, 2.45) is 5.73 Å². The van der Waals surface area contributed by atoms with Crippen LogP contribution in [0.5, 0.6) is 11.5 Å². The molecule has 0 aliphatic carbocycles. The highest BCUT2D eigenvalue weighted by Gasteiger charge is 2.17. The minimum absolute atomic E-state index is 0.0159. The molecular weight excluding hydrogens is 189 g/mol. The Morgan fingerprint density at radius 2 is 2.21 bits per heavy atom. The Hall–Kier alpha value is -1.33. The maximum absolute atomic E-state index is 13.5. The first kappa shape index (κ1) is 10.7. The van der Waals surface area contributed by atoms with Gasteiger partial charge in [0, 0.05) is 12.1 Å². The number of ether oxygens (including phenoxy) is 1. The van der Waals surface area contributed by atoms with Gasteiger partial charge in [-0.05, 0) is 12.1 Å². The van der Waals surface area contributed by atoms with E-state index in [9.17, 15) is 14.6 Å². The minimum Gasteiger partial charge on any atom is -0.504 e. The molecule has 5 heteroatoms. The Bertz CT molecular complexity index is 330. The lowest BCUT2D eigenvalue weighted by Crippen LogP contribution is -2.13. The van der Waals surface area contributed by atoms with Gasteiger partial charge in [-0.25, -0.2) is 4.39 Å². The number of hydrogen-bond donors (Lipinski definition) is 3. The molecule has 0 amide bonds. The number of nitrogens with two attached hydrogens (primary N) is 1. The lowest BCUT2D eigenvalue weighted by atomic mass is 10.1. The molecule has 4 nitrogen and oxygen atoms in total. The number of hydrogen-bond acceptors (Lipinski definition) is 4. The van der Waals surface area contributed by atoms with Crippen molar-refractivity contribution in [1.29, 1.82) is 0 Å². The van der Waals surface area contributed by atoms with Crippen LogP contribution >= 0.6 is 0 Å². The van der Waals surface area contributed by atoms with E-state index in [0.29, 0.717) is 0 Å². The lowest BCUT2D eigenvalue weighted by Gasteiger charge is -2.12. The maximum atomic E-state index is 13.5. The molecule has 0 saturated carbocycles. The molecule has 1 aromatic rings. The van der Waals surface area contributed by atoms with Gasteiger partial charge >= 0.3 is 0 Å². The van der Waals surface area contributed by atoms with Crippen LogP contribution in [-0.2, 0) is 0 Å². The predicted molar refractivity (Wildman–Crippen MR) is 48.6 cm³/mol. The predicted octanol–water partition coefficient (Wildman–Crippen LogP) is 0.532. The molecular formula is C9H12FNO3. The van der Waals surface area contributed by atoms with Gasteiger partial charge in [-0.3, -0.25) is 0 Å². The van der Waals surface area contributed by atoms with Crippen molar-refractivity contribution >= 4 is 0 Å². The number of halogens is 1. The zero-order chi connectivity index (χ0) is 10.7. The number of aliphatic hydroxyl groups is 1. The Morgan fingerprint density at radius 3 is 2.71 bits per heavy atom. The van der Waals surface area contributed by atoms with Gasteiger partial charge in [0.15, 0.2) is 17.3 Å². The minimum atomic E-state index is -1.09. The van der Waals surface area contributed by atoms with Crippen LogP contribution in [0.1, 0.15) is 11.7 Å². The molecule has 0 spiro atoms. The van der Waals surface area contributed by atoms with Crippen LogP contribution in [0.3, 0.4) is 0 Å². The van der Waals surface area contributed by atoms with Crippen LogP contribution in [0.15, 0.2) is 12.1 Å². The Balaban J connectivity index is 3.21. The molecule has 0 aliphatic rings. The third-order valence-corrected chi connectivity index (χ3v) is 1.89. The average Bonchev–Trinajstić information content (AvgIpc) is 2.18. The van der Waals surface area contributed by atoms with E-state index < -0.39 is 11.9 Å². The van der Waals surface area contributed by atoms with Gasteiger partial charge in [-0.1, -0.05) is 0 Å². The number of aliphatic hydroxyl groups excluding tert-OH is 1. The van der Waals surface area contributed by atoms with E-state index >= 15 is 0 Å². The number of phenolic OH excluding ortho intramolecular Hbond substituents is 1. The molecule has 1 atom stereocenters. The van der Waals surface area contributed by atoms with E-state index in [1.54, 1.807) is 0 Å². The van der Waals surface area contributed by atoms with Crippen LogP contribution in [0.4, 0.5) is 4.39 Å². The number of benzene rings is 1. The highest BCUT2D eigenvalue weighted by Crippen LogP contribution is 2.33. The first-order chi connectivity index (χ1) is 6.61. The molecule has 14 heavy (non-hydrogen) atoms. The number of phenols is 1. The first-order valence-electron chi connectivity index (χ1n) is 4.05. The molecule has 78 valence electrons. The van der Waals surface area contributed by atoms with E-state index in [0.717, 1.165) is 0 Å². The monoisotopic (exact) mass is 201 g/mol. The van der Waals surface area contributed by atoms with E-state index in [2.05, 4.69) is 4.74 Å². The van der Waals surface area contributed by atoms with Gasteiger partial charge in [0.1, 0.15) is 0 Å². The van der Waals surface area contributed by atoms with Crippen LogP contribution in [-0.4, -0.2) is 23.9 Å². The largest absolute Gasteiger partial charge is 0.504 e. The molecule has 0 aromatic heterocycles. The van der Waals surface area contributed by atoms with Crippen molar-refractivity contribution in [2.45, 2.75) is 6.10 Å². The summed E-state index contributed by atoms with van der Waals surface area (Å²) in [6.07, 6.45) is -1.09. The summed E-state index contributed by atoms with van der Waals surface area (Å²) < 4.78 is 18.1. The van der Waals surface area contributed by atoms with Gasteiger partial charge in [0.2, 0.25) is 0 Å². The molecule has 4 N–H and O–H groups in total. The SMILES string of the molecule is COc1c(O)ccc(C(O)CN)c1F. The quantitative estimate of drug-likeness (QED) is 0.666. The van der Waals surface area contributed by atoms with Crippen LogP contribution in [0.2, 0.25) is 0 Å². The molecule has 1 rings (SSSR count). The van der Waals surface area contributed by atoms with Crippen molar-refractivity contribution in [2.75, 3.05) is 13.7 Å². The summed E-state index contributed by atoms with van der Waals surface area (Å²) in [6.45, 7) is -0.0924. The molecule has 0 aliphatic heterocycles. The van der Waals surface area contributed by atoms with Gasteiger partial charge in [0.25, 0.3) is 0 Å². The van der Waals surface area contributed by atoms with Crippen molar-refractivity contribution in [3.63, 3.8) is 0 Å². The maximum Gasteiger partial charge on any atom is 0.196 e. The topological polar surface area (TPSA) is 75.7 Å². The summed E-state index contributed by atoms with van der Waals surface area (Å²) in [4.78, 5) is 0. The molecule has 0 heterocycles. The van der Waals surface area contributed by atoms with E-state index in [4.69, 9.17) is 5.73 Å². The average molecular weight is 201 g/mol. The zero-order valence-electron chi connectivity index (χ0n) is 7.70. The molecule has 0 saturated heterocycles. The lowest BCUT2D eigenvalue weighted by molar-refractivity contribution is 0.180. The molecule has 0 fully saturated rings. The fraction of sp³-hybridized carbons (Fsp3) is 0.333. The third-order valence-electron chi connectivity index (χ3n) is 1.89. The normalized spacial score (nSPS) is 12.6. The van der Waals surface area contributed by atoms with E-state index in [1.807, 2.05) is 0 Å². The Labute approximate surface area is 80.7 Å². The van der Waals surface area contributed by atoms with Gasteiger partial charge < -0.3 is 20.7 Å². The smallest absolute Gasteiger partial charge is 0.196 e. The number of methoxy groups -OCH3 is 1. The highest BCUT2D eigenvalue weighted by molar-refractivity contribution is 5.44. The van der Waals surface area contributed by atoms with E-state index in [1.165, 1.54) is 19.2 Å². The van der Waals surface area contributed by atoms with Crippen LogP contribution in [0, 0.1) is 5.82 Å². The second kappa shape index (κ2) is 4.26. The highest BCUT2D eigenvalue weighted by atomic mass is 19.1. The summed E-state index contributed by atoms with van der Waals surface area (Å²) in [5.74, 6) is -1.38. The first-order valence-corrected chi connectivity index (χ1v) is 4.05. The Kier molecular flexibility index (Phi) is 3.27. The van der Waals surface area contributed by atoms with Crippen molar-refractivity contribution < 1.29 is 19.3 Å². The van der Waals surface area contributed by atoms with E-state index in [-0.39, 0.29) is 23.6 Å². The fourth-order valence-electron chi connectivity index (χ4n) is 1.14. The Morgan fingerprint density at radius 1 is 1.57 bits per heavy atom. The van der Waals surface area contributed by atoms with Crippen LogP contribution in [0.25, 0.3) is 0 Å². The van der Waals surface area contributed by atoms with Crippen LogP contribution < -0.4 is 10.5 Å². The summed E-state index contributed by atoms with van der Waals surface area (Å²) in [7, 11) is 1.23. The summed E-state index contributed by atoms with van der Waals surface area (Å²) in [6, 6.07) is 2.51. The zero-order valence-corrected chi connectivity index (χ0v) is 7.70. The molecule has 0 bridgehead atoms. The number of rotatable bonds is 3. The summed E-state index contributed by atoms with van der Waals surface area (Å²) >= 11 is 0. The van der Waals surface area contributed by atoms with Crippen molar-refractivity contribution in [3.8, 4) is 11.5 Å². The number of aromatic hydroxyl groups is 1. The van der Waals surface area contributed by atoms with Crippen molar-refractivity contribution in [3.05, 3.63) is 23.5 Å². The third kappa shape index (κ3) is 1.78. The second-order valence-electron chi connectivity index (χ2n) is 2.77. The summed E-state index contributed by atoms with van der Waals surface area (Å²) in [5.41, 5.74) is 5.20. The van der Waals surface area contributed by atoms with Gasteiger partial charge in [0.05, 0.1) is 13.2 Å². The van der Waals surface area contributed by atoms with Gasteiger partial charge in [-0.15, -0.1) is 0 Å². The second-order valence-corrected chi connectivity index (χ2v) is 2.77. The summed E-state index contributed by atoms with van der Waals surface area (Å²) in [5, 5.41) is 18.5. The molecule has 0 radical (unpaired) electrons. The molecule has 1 aromatic carbocycles. The molecule has 1 unspecified atom stereocenters. The standard InChI is InChI=1S/C9H12FNO3/c1-14-9-6(12)3-2-5(8(9)10)7(13)4-11/h2-3,7,12-13H,4,11H2,1H3. The van der Waals surface area contributed by atoms with Gasteiger partial charge in [-0.2, -0.15) is 0 Å². The van der Waals surface area contributed by atoms with Crippen molar-refractivity contribution in [1.82, 2.24) is 0 Å².